The summed E-state index contributed by atoms with van der Waals surface area (Å²) in [6.07, 6.45) is 2.26. The van der Waals surface area contributed by atoms with E-state index in [1.165, 1.54) is 43.8 Å². The van der Waals surface area contributed by atoms with Gasteiger partial charge in [-0.05, 0) is 24.7 Å². The first-order valence-electron chi connectivity index (χ1n) is 12.4. The Bertz CT molecular complexity index is 1120. The molecule has 4 aromatic carbocycles. The van der Waals surface area contributed by atoms with E-state index in [4.69, 9.17) is 17.0 Å². The minimum atomic E-state index is -1.65. The van der Waals surface area contributed by atoms with Gasteiger partial charge in [0, 0.05) is 0 Å². The number of hydrogen-bond donors (Lipinski definition) is 0. The van der Waals surface area contributed by atoms with Gasteiger partial charge in [-0.25, -0.2) is 0 Å². The van der Waals surface area contributed by atoms with Crippen molar-refractivity contribution in [3.63, 3.8) is 0 Å². The van der Waals surface area contributed by atoms with Gasteiger partial charge in [0.25, 0.3) is 0 Å². The van der Waals surface area contributed by atoms with Crippen molar-refractivity contribution in [1.82, 2.24) is 0 Å². The molecule has 4 heteroatoms. The Hall–Kier alpha value is -0.660. The van der Waals surface area contributed by atoms with Gasteiger partial charge in [0.1, 0.15) is 0 Å². The molecule has 34 heavy (non-hydrogen) atoms. The summed E-state index contributed by atoms with van der Waals surface area (Å²) < 4.78 is 0. The van der Waals surface area contributed by atoms with E-state index in [2.05, 4.69) is 115 Å². The molecule has 4 rings (SSSR count). The van der Waals surface area contributed by atoms with Crippen LogP contribution in [0, 0.1) is 0 Å². The molecule has 0 unspecified atom stereocenters. The van der Waals surface area contributed by atoms with Crippen molar-refractivity contribution < 1.29 is 18.0 Å². The molecule has 0 radical (unpaired) electrons. The molecule has 0 aliphatic carbocycles. The van der Waals surface area contributed by atoms with Gasteiger partial charge in [-0.3, -0.25) is 0 Å². The summed E-state index contributed by atoms with van der Waals surface area (Å²) in [5, 5.41) is 5.68. The minimum absolute atomic E-state index is 0.224. The number of fused-ring (bicyclic) bond motifs is 2. The van der Waals surface area contributed by atoms with Crippen LogP contribution in [0.3, 0.4) is 0 Å². The van der Waals surface area contributed by atoms with E-state index in [1.807, 2.05) is 0 Å². The fraction of sp³-hybridized carbons (Fsp3) is 0.400. The fourth-order valence-electron chi connectivity index (χ4n) is 4.06. The predicted molar refractivity (Wildman–Crippen MR) is 155 cm³/mol. The molecular formula is C30H40Cl2SiZr-2. The molecule has 0 spiro atoms. The van der Waals surface area contributed by atoms with Gasteiger partial charge in [0.05, 0.1) is 0 Å². The van der Waals surface area contributed by atoms with Crippen molar-refractivity contribution in [3.8, 4) is 0 Å². The van der Waals surface area contributed by atoms with Crippen LogP contribution in [0.25, 0.3) is 21.5 Å². The van der Waals surface area contributed by atoms with Crippen LogP contribution in [0.15, 0.2) is 60.7 Å². The monoisotopic (exact) mass is 588 g/mol. The van der Waals surface area contributed by atoms with E-state index in [-0.39, 0.29) is 5.43 Å². The molecule has 0 aliphatic rings. The standard InChI is InChI=1S/2C14H17.C2H6Si.2ClH.Zr/c2*1-4-11-8-12-6-5-7-13(10(2)3)14(12)9-11;1-3-2;;;/h2*5-10H,4H2,1-3H3;1-2H3;2*1H;/q2*-1;;;;+2/p-2. The quantitative estimate of drug-likeness (QED) is 0.164. The Morgan fingerprint density at radius 2 is 1.09 bits per heavy atom. The maximum atomic E-state index is 5.62. The van der Waals surface area contributed by atoms with Crippen molar-refractivity contribution in [2.75, 3.05) is 0 Å². The summed E-state index contributed by atoms with van der Waals surface area (Å²) in [6.45, 7) is 17.8. The molecule has 184 valence electrons. The summed E-state index contributed by atoms with van der Waals surface area (Å²) in [5.74, 6) is 1.23. The van der Waals surface area contributed by atoms with Gasteiger partial charge in [0.15, 0.2) is 0 Å². The fourth-order valence-corrected chi connectivity index (χ4v) is 4.06. The Balaban J connectivity index is 0.000000196. The number of benzene rings is 2. The molecule has 0 atom stereocenters. The average Bonchev–Trinajstić information content (AvgIpc) is 3.42. The molecule has 0 amide bonds. The summed E-state index contributed by atoms with van der Waals surface area (Å²) in [4.78, 5) is 0. The second-order valence-electron chi connectivity index (χ2n) is 9.70. The van der Waals surface area contributed by atoms with Crippen LogP contribution < -0.4 is 0 Å². The summed E-state index contributed by atoms with van der Waals surface area (Å²) >= 11 is -1.65. The van der Waals surface area contributed by atoms with E-state index in [1.54, 1.807) is 0 Å². The Morgan fingerprint density at radius 3 is 1.35 bits per heavy atom. The topological polar surface area (TPSA) is 0 Å². The molecule has 0 heterocycles. The normalized spacial score (nSPS) is 10.8. The molecule has 0 aliphatic heterocycles. The third-order valence-electron chi connectivity index (χ3n) is 6.13. The van der Waals surface area contributed by atoms with Gasteiger partial charge < -0.3 is 0 Å². The zero-order valence-corrected chi connectivity index (χ0v) is 27.1. The Morgan fingerprint density at radius 1 is 0.735 bits per heavy atom. The first-order valence-corrected chi connectivity index (χ1v) is 25.0. The molecule has 0 aromatic heterocycles. The van der Waals surface area contributed by atoms with Crippen LogP contribution in [0.5, 0.6) is 0 Å². The third kappa shape index (κ3) is 8.19. The second-order valence-corrected chi connectivity index (χ2v) is 32.7. The summed E-state index contributed by atoms with van der Waals surface area (Å²) in [5.41, 5.74) is 5.63. The first kappa shape index (κ1) is 29.6. The first-order chi connectivity index (χ1) is 16.1. The van der Waals surface area contributed by atoms with Crippen molar-refractivity contribution in [2.24, 2.45) is 0 Å². The zero-order chi connectivity index (χ0) is 25.4. The summed E-state index contributed by atoms with van der Waals surface area (Å²) in [6, 6.07) is 22.5. The van der Waals surface area contributed by atoms with E-state index < -0.39 is 18.0 Å². The van der Waals surface area contributed by atoms with Crippen LogP contribution >= 0.6 is 17.0 Å². The van der Waals surface area contributed by atoms with Crippen LogP contribution in [0.2, 0.25) is 13.1 Å². The average molecular weight is 591 g/mol. The van der Waals surface area contributed by atoms with Crippen molar-refractivity contribution in [1.29, 1.82) is 0 Å². The molecule has 0 saturated carbocycles. The van der Waals surface area contributed by atoms with Crippen molar-refractivity contribution >= 4 is 44.0 Å². The Kier molecular flexibility index (Phi) is 12.3. The van der Waals surface area contributed by atoms with Gasteiger partial charge in [0.2, 0.25) is 0 Å². The van der Waals surface area contributed by atoms with Gasteiger partial charge in [-0.2, -0.15) is 12.1 Å². The Labute approximate surface area is 222 Å². The zero-order valence-electron chi connectivity index (χ0n) is 22.1. The molecule has 0 bridgehead atoms. The molecule has 4 aromatic rings. The van der Waals surface area contributed by atoms with Crippen LogP contribution in [-0.2, 0) is 30.8 Å². The molecule has 0 N–H and O–H groups in total. The predicted octanol–water partition coefficient (Wildman–Crippen LogP) is 10.7. The SMILES string of the molecule is CCc1cc2c(C(C)C)cccc2[cH-]1.CCc1cc2c(C(C)C)cccc2[cH-]1.C[Si](C)=[Zr]([Cl])[Cl]. The third-order valence-corrected chi connectivity index (χ3v) is 25.9. The molecular weight excluding hydrogens is 551 g/mol. The van der Waals surface area contributed by atoms with E-state index >= 15 is 0 Å². The molecule has 0 nitrogen and oxygen atoms in total. The van der Waals surface area contributed by atoms with Gasteiger partial charge in [-0.1, -0.05) is 64.8 Å². The van der Waals surface area contributed by atoms with E-state index in [9.17, 15) is 0 Å². The van der Waals surface area contributed by atoms with Crippen molar-refractivity contribution in [2.45, 2.75) is 79.3 Å². The number of hydrogen-bond acceptors (Lipinski definition) is 0. The number of halogens is 2. The van der Waals surface area contributed by atoms with Gasteiger partial charge >= 0.3 is 53.5 Å². The van der Waals surface area contributed by atoms with Crippen LogP contribution in [-0.4, -0.2) is 5.43 Å². The number of rotatable bonds is 4. The molecule has 0 fully saturated rings. The second kappa shape index (κ2) is 14.2. The van der Waals surface area contributed by atoms with Crippen molar-refractivity contribution in [3.05, 3.63) is 82.9 Å². The van der Waals surface area contributed by atoms with Gasteiger partial charge in [-0.15, -0.1) is 69.1 Å². The summed E-state index contributed by atoms with van der Waals surface area (Å²) in [7, 11) is 11.2. The van der Waals surface area contributed by atoms with E-state index in [0.717, 1.165) is 12.8 Å². The van der Waals surface area contributed by atoms with E-state index in [0.29, 0.717) is 11.8 Å². The maximum absolute atomic E-state index is 5.62. The van der Waals surface area contributed by atoms with Crippen LogP contribution in [0.4, 0.5) is 0 Å². The van der Waals surface area contributed by atoms with Crippen LogP contribution in [0.1, 0.15) is 75.6 Å². The number of aryl methyl sites for hydroxylation is 2. The molecule has 0 saturated heterocycles.